The molecule has 136 valence electrons. The Hall–Kier alpha value is -2.57. The number of hydrogen-bond donors (Lipinski definition) is 3. The fourth-order valence-corrected chi connectivity index (χ4v) is 2.91. The Kier molecular flexibility index (Phi) is 6.80. The molecule has 0 heterocycles. The number of primary amides is 1. The van der Waals surface area contributed by atoms with Crippen molar-refractivity contribution >= 4 is 17.9 Å². The van der Waals surface area contributed by atoms with Gasteiger partial charge in [0.1, 0.15) is 6.04 Å². The van der Waals surface area contributed by atoms with Crippen molar-refractivity contribution in [3.05, 3.63) is 35.9 Å². The number of rotatable bonds is 7. The van der Waals surface area contributed by atoms with E-state index >= 15 is 0 Å². The molecule has 0 spiro atoms. The van der Waals surface area contributed by atoms with Gasteiger partial charge >= 0.3 is 12.0 Å². The number of urea groups is 1. The number of ether oxygens (including phenoxy) is 1. The van der Waals surface area contributed by atoms with Crippen LogP contribution in [-0.4, -0.2) is 36.1 Å². The van der Waals surface area contributed by atoms with E-state index in [0.717, 1.165) is 31.2 Å². The van der Waals surface area contributed by atoms with E-state index in [1.807, 2.05) is 30.3 Å². The molecule has 3 amide bonds. The average molecular weight is 347 g/mol. The summed E-state index contributed by atoms with van der Waals surface area (Å²) in [6.07, 6.45) is 3.40. The molecule has 7 heteroatoms. The summed E-state index contributed by atoms with van der Waals surface area (Å²) in [7, 11) is 0. The maximum absolute atomic E-state index is 12.4. The molecule has 1 aliphatic carbocycles. The average Bonchev–Trinajstić information content (AvgIpc) is 3.07. The number of esters is 1. The zero-order chi connectivity index (χ0) is 18.2. The number of nitrogens with two attached hydrogens (primary N) is 1. The summed E-state index contributed by atoms with van der Waals surface area (Å²) in [6, 6.07) is 7.57. The van der Waals surface area contributed by atoms with Gasteiger partial charge in [0.15, 0.2) is 6.10 Å². The van der Waals surface area contributed by atoms with E-state index in [-0.39, 0.29) is 18.4 Å². The minimum absolute atomic E-state index is 0.150. The Labute approximate surface area is 147 Å². The molecule has 1 fully saturated rings. The Bertz CT molecular complexity index is 600. The molecule has 2 atom stereocenters. The minimum Gasteiger partial charge on any atom is -0.451 e. The fraction of sp³-hybridized carbons (Fsp3) is 0.500. The topological polar surface area (TPSA) is 111 Å². The zero-order valence-corrected chi connectivity index (χ0v) is 14.4. The molecule has 25 heavy (non-hydrogen) atoms. The summed E-state index contributed by atoms with van der Waals surface area (Å²) in [5, 5.41) is 5.26. The number of carbonyl (C=O) groups is 3. The van der Waals surface area contributed by atoms with E-state index in [4.69, 9.17) is 10.5 Å². The van der Waals surface area contributed by atoms with Crippen molar-refractivity contribution in [2.75, 3.05) is 0 Å². The van der Waals surface area contributed by atoms with Crippen molar-refractivity contribution in [1.29, 1.82) is 0 Å². The van der Waals surface area contributed by atoms with Gasteiger partial charge in [0, 0.05) is 12.5 Å². The third-order valence-electron chi connectivity index (χ3n) is 4.25. The predicted octanol–water partition coefficient (Wildman–Crippen LogP) is 1.26. The van der Waals surface area contributed by atoms with Crippen LogP contribution in [0.3, 0.4) is 0 Å². The van der Waals surface area contributed by atoms with Crippen LogP contribution in [-0.2, 0) is 20.7 Å². The van der Waals surface area contributed by atoms with Crippen molar-refractivity contribution in [3.8, 4) is 0 Å². The lowest BCUT2D eigenvalue weighted by Crippen LogP contribution is -2.48. The van der Waals surface area contributed by atoms with Crippen LogP contribution in [0.15, 0.2) is 30.3 Å². The van der Waals surface area contributed by atoms with Crippen LogP contribution in [0, 0.1) is 0 Å². The van der Waals surface area contributed by atoms with E-state index in [0.29, 0.717) is 0 Å². The van der Waals surface area contributed by atoms with Crippen LogP contribution in [0.2, 0.25) is 0 Å². The van der Waals surface area contributed by atoms with Crippen molar-refractivity contribution < 1.29 is 19.1 Å². The Morgan fingerprint density at radius 3 is 2.44 bits per heavy atom. The number of hydrogen-bond acceptors (Lipinski definition) is 4. The Morgan fingerprint density at radius 1 is 1.20 bits per heavy atom. The molecular weight excluding hydrogens is 322 g/mol. The van der Waals surface area contributed by atoms with Crippen LogP contribution in [0.1, 0.15) is 38.2 Å². The highest BCUT2D eigenvalue weighted by Gasteiger charge is 2.27. The van der Waals surface area contributed by atoms with Gasteiger partial charge in [-0.25, -0.2) is 9.59 Å². The first-order chi connectivity index (χ1) is 12.0. The normalized spacial score (nSPS) is 16.7. The Balaban J connectivity index is 1.92. The van der Waals surface area contributed by atoms with Crippen LogP contribution < -0.4 is 16.4 Å². The molecule has 7 nitrogen and oxygen atoms in total. The molecule has 1 aromatic carbocycles. The summed E-state index contributed by atoms with van der Waals surface area (Å²) in [5.74, 6) is -1.01. The highest BCUT2D eigenvalue weighted by molar-refractivity contribution is 5.87. The maximum Gasteiger partial charge on any atom is 0.329 e. The van der Waals surface area contributed by atoms with Gasteiger partial charge < -0.3 is 21.1 Å². The van der Waals surface area contributed by atoms with E-state index in [1.165, 1.54) is 6.92 Å². The number of benzene rings is 1. The smallest absolute Gasteiger partial charge is 0.329 e. The van der Waals surface area contributed by atoms with Gasteiger partial charge in [-0.2, -0.15) is 0 Å². The van der Waals surface area contributed by atoms with E-state index < -0.39 is 24.1 Å². The predicted molar refractivity (Wildman–Crippen MR) is 92.6 cm³/mol. The van der Waals surface area contributed by atoms with Gasteiger partial charge in [-0.1, -0.05) is 43.2 Å². The first-order valence-corrected chi connectivity index (χ1v) is 8.56. The lowest BCUT2D eigenvalue weighted by molar-refractivity contribution is -0.156. The van der Waals surface area contributed by atoms with E-state index in [9.17, 15) is 14.4 Å². The summed E-state index contributed by atoms with van der Waals surface area (Å²) >= 11 is 0. The summed E-state index contributed by atoms with van der Waals surface area (Å²) in [6.45, 7) is 1.52. The second-order valence-corrected chi connectivity index (χ2v) is 6.32. The third-order valence-corrected chi connectivity index (χ3v) is 4.25. The lowest BCUT2D eigenvalue weighted by Gasteiger charge is -2.21. The highest BCUT2D eigenvalue weighted by Crippen LogP contribution is 2.17. The molecule has 0 aromatic heterocycles. The number of carbonyl (C=O) groups excluding carboxylic acids is 3. The SMILES string of the molecule is C[C@H](OC(=O)[C@H](Cc1ccccc1)NC(N)=O)C(=O)NC1CCCC1. The second kappa shape index (κ2) is 9.05. The van der Waals surface area contributed by atoms with E-state index in [1.54, 1.807) is 0 Å². The van der Waals surface area contributed by atoms with Crippen molar-refractivity contribution in [2.45, 2.75) is 57.2 Å². The first kappa shape index (κ1) is 18.8. The molecule has 1 aliphatic rings. The van der Waals surface area contributed by atoms with Gasteiger partial charge in [0.2, 0.25) is 0 Å². The molecule has 1 saturated carbocycles. The van der Waals surface area contributed by atoms with Crippen LogP contribution >= 0.6 is 0 Å². The summed E-state index contributed by atoms with van der Waals surface area (Å²) in [5.41, 5.74) is 6.00. The molecule has 0 saturated heterocycles. The van der Waals surface area contributed by atoms with Crippen molar-refractivity contribution in [2.24, 2.45) is 5.73 Å². The molecule has 0 bridgehead atoms. The molecule has 4 N–H and O–H groups in total. The largest absolute Gasteiger partial charge is 0.451 e. The number of amides is 3. The molecule has 0 aliphatic heterocycles. The van der Waals surface area contributed by atoms with Crippen molar-refractivity contribution in [1.82, 2.24) is 10.6 Å². The maximum atomic E-state index is 12.4. The fourth-order valence-electron chi connectivity index (χ4n) is 2.91. The summed E-state index contributed by atoms with van der Waals surface area (Å²) in [4.78, 5) is 35.7. The molecule has 2 rings (SSSR count). The molecular formula is C18H25N3O4. The van der Waals surface area contributed by atoms with Crippen molar-refractivity contribution in [3.63, 3.8) is 0 Å². The molecule has 0 radical (unpaired) electrons. The zero-order valence-electron chi connectivity index (χ0n) is 14.4. The lowest BCUT2D eigenvalue weighted by atomic mass is 10.1. The quantitative estimate of drug-likeness (QED) is 0.645. The second-order valence-electron chi connectivity index (χ2n) is 6.32. The minimum atomic E-state index is -0.943. The Morgan fingerprint density at radius 2 is 1.84 bits per heavy atom. The van der Waals surface area contributed by atoms with Gasteiger partial charge in [-0.05, 0) is 25.3 Å². The number of nitrogens with one attached hydrogen (secondary N) is 2. The van der Waals surface area contributed by atoms with Gasteiger partial charge in [-0.15, -0.1) is 0 Å². The third kappa shape index (κ3) is 6.10. The van der Waals surface area contributed by atoms with Crippen LogP contribution in [0.4, 0.5) is 4.79 Å². The van der Waals surface area contributed by atoms with E-state index in [2.05, 4.69) is 10.6 Å². The van der Waals surface area contributed by atoms with Gasteiger partial charge in [0.05, 0.1) is 0 Å². The van der Waals surface area contributed by atoms with Crippen LogP contribution in [0.5, 0.6) is 0 Å². The first-order valence-electron chi connectivity index (χ1n) is 8.56. The highest BCUT2D eigenvalue weighted by atomic mass is 16.5. The van der Waals surface area contributed by atoms with Gasteiger partial charge in [-0.3, -0.25) is 4.79 Å². The van der Waals surface area contributed by atoms with Crippen LogP contribution in [0.25, 0.3) is 0 Å². The summed E-state index contributed by atoms with van der Waals surface area (Å²) < 4.78 is 5.24. The monoisotopic (exact) mass is 347 g/mol. The molecule has 0 unspecified atom stereocenters. The standard InChI is InChI=1S/C18H25N3O4/c1-12(16(22)20-14-9-5-6-10-14)25-17(23)15(21-18(19)24)11-13-7-3-2-4-8-13/h2-4,7-8,12,14-15H,5-6,9-11H2,1H3,(H,20,22)(H3,19,21,24)/t12-,15-/m0/s1. The van der Waals surface area contributed by atoms with Gasteiger partial charge in [0.25, 0.3) is 5.91 Å². The molecule has 1 aromatic rings.